The van der Waals surface area contributed by atoms with E-state index >= 15 is 0 Å². The zero-order valence-corrected chi connectivity index (χ0v) is 15.8. The molecule has 0 amide bonds. The Morgan fingerprint density at radius 2 is 1.81 bits per heavy atom. The van der Waals surface area contributed by atoms with Gasteiger partial charge < -0.3 is 14.4 Å². The third-order valence-electron chi connectivity index (χ3n) is 3.61. The molecule has 9 heteroatoms. The van der Waals surface area contributed by atoms with Crippen molar-refractivity contribution in [2.24, 2.45) is 0 Å². The van der Waals surface area contributed by atoms with Crippen LogP contribution in [0, 0.1) is 17.0 Å². The van der Waals surface area contributed by atoms with Crippen molar-refractivity contribution in [2.45, 2.75) is 6.92 Å². The Kier molecular flexibility index (Phi) is 5.93. The number of allylic oxidation sites excluding steroid dienone is 2. The van der Waals surface area contributed by atoms with Gasteiger partial charge in [-0.2, -0.15) is 0 Å². The van der Waals surface area contributed by atoms with E-state index in [2.05, 4.69) is 15.9 Å². The van der Waals surface area contributed by atoms with Crippen LogP contribution in [0.15, 0.2) is 52.3 Å². The maximum Gasteiger partial charge on any atom is 0.355 e. The molecule has 0 saturated heterocycles. The van der Waals surface area contributed by atoms with Crippen LogP contribution >= 0.6 is 15.9 Å². The van der Waals surface area contributed by atoms with Gasteiger partial charge in [0.15, 0.2) is 0 Å². The molecule has 0 aliphatic carbocycles. The Morgan fingerprint density at radius 3 is 2.38 bits per heavy atom. The summed E-state index contributed by atoms with van der Waals surface area (Å²) in [4.78, 5) is 36.6. The van der Waals surface area contributed by atoms with Crippen molar-refractivity contribution >= 4 is 39.2 Å². The van der Waals surface area contributed by atoms with Crippen molar-refractivity contribution in [1.29, 1.82) is 0 Å². The quantitative estimate of drug-likeness (QED) is 0.417. The Morgan fingerprint density at radius 1 is 1.15 bits per heavy atom. The molecule has 1 aromatic rings. The topological polar surface area (TPSA) is 99.0 Å². The number of ether oxygens (including phenoxy) is 2. The first-order chi connectivity index (χ1) is 12.3. The molecule has 26 heavy (non-hydrogen) atoms. The molecule has 0 N–H and O–H groups in total. The van der Waals surface area contributed by atoms with Gasteiger partial charge in [-0.15, -0.1) is 0 Å². The van der Waals surface area contributed by atoms with Crippen molar-refractivity contribution in [2.75, 3.05) is 19.1 Å². The van der Waals surface area contributed by atoms with E-state index in [0.717, 1.165) is 0 Å². The minimum absolute atomic E-state index is 0.0330. The van der Waals surface area contributed by atoms with Crippen LogP contribution in [0.25, 0.3) is 0 Å². The molecular formula is C17H15BrN2O6. The van der Waals surface area contributed by atoms with Gasteiger partial charge in [-0.25, -0.2) is 9.59 Å². The second kappa shape index (κ2) is 7.96. The number of nitrogens with zero attached hydrogens (tertiary/aromatic N) is 2. The first-order valence-electron chi connectivity index (χ1n) is 7.31. The number of carbonyl (C=O) groups is 2. The minimum atomic E-state index is -0.786. The number of nitro groups is 1. The molecule has 0 spiro atoms. The molecule has 0 unspecified atom stereocenters. The average Bonchev–Trinajstić information content (AvgIpc) is 2.83. The van der Waals surface area contributed by atoms with E-state index in [9.17, 15) is 19.7 Å². The first-order valence-corrected chi connectivity index (χ1v) is 8.10. The smallest absolute Gasteiger partial charge is 0.355 e. The molecule has 0 aromatic heterocycles. The van der Waals surface area contributed by atoms with Crippen molar-refractivity contribution in [3.05, 3.63) is 68.0 Å². The third-order valence-corrected chi connectivity index (χ3v) is 4.25. The van der Waals surface area contributed by atoms with Crippen LogP contribution in [0.5, 0.6) is 0 Å². The van der Waals surface area contributed by atoms with E-state index in [-0.39, 0.29) is 17.0 Å². The molecule has 0 saturated carbocycles. The Balaban J connectivity index is 2.77. The lowest BCUT2D eigenvalue weighted by molar-refractivity contribution is -0.385. The fourth-order valence-electron chi connectivity index (χ4n) is 2.40. The summed E-state index contributed by atoms with van der Waals surface area (Å²) in [6, 6.07) is 2.87. The highest BCUT2D eigenvalue weighted by Gasteiger charge is 2.29. The van der Waals surface area contributed by atoms with Gasteiger partial charge >= 0.3 is 11.9 Å². The molecular weight excluding hydrogens is 408 g/mol. The SMILES string of the molecule is COC(=O)C1=C(C(=O)OC)N(c2cc([N+](=O)[O-])c(Br)cc2C)C=CC=C1. The molecule has 1 aromatic carbocycles. The number of aryl methyl sites for hydroxylation is 1. The van der Waals surface area contributed by atoms with E-state index in [1.165, 1.54) is 37.5 Å². The second-order valence-corrected chi connectivity index (χ2v) is 6.02. The predicted molar refractivity (Wildman–Crippen MR) is 97.4 cm³/mol. The van der Waals surface area contributed by atoms with Gasteiger partial charge in [0.1, 0.15) is 5.70 Å². The Hall–Kier alpha value is -2.94. The van der Waals surface area contributed by atoms with Crippen LogP contribution in [-0.2, 0) is 19.1 Å². The maximum absolute atomic E-state index is 12.4. The Bertz CT molecular complexity index is 872. The van der Waals surface area contributed by atoms with Gasteiger partial charge in [-0.1, -0.05) is 6.08 Å². The highest BCUT2D eigenvalue weighted by atomic mass is 79.9. The zero-order valence-electron chi connectivity index (χ0n) is 14.2. The Labute approximate surface area is 157 Å². The fraction of sp³-hybridized carbons (Fsp3) is 0.176. The summed E-state index contributed by atoms with van der Waals surface area (Å²) in [5, 5.41) is 11.3. The van der Waals surface area contributed by atoms with Crippen molar-refractivity contribution < 1.29 is 24.0 Å². The van der Waals surface area contributed by atoms with Crippen molar-refractivity contribution in [3.8, 4) is 0 Å². The van der Waals surface area contributed by atoms with Crippen LogP contribution < -0.4 is 4.90 Å². The normalized spacial score (nSPS) is 13.5. The van der Waals surface area contributed by atoms with Crippen LogP contribution in [0.2, 0.25) is 0 Å². The summed E-state index contributed by atoms with van der Waals surface area (Å²) in [5.41, 5.74) is 0.666. The lowest BCUT2D eigenvalue weighted by Gasteiger charge is -2.24. The first kappa shape index (κ1) is 19.4. The molecule has 1 heterocycles. The molecule has 1 aliphatic heterocycles. The van der Waals surface area contributed by atoms with E-state index < -0.39 is 16.9 Å². The van der Waals surface area contributed by atoms with Gasteiger partial charge in [0, 0.05) is 12.3 Å². The summed E-state index contributed by atoms with van der Waals surface area (Å²) in [5.74, 6) is -1.52. The molecule has 1 aliphatic rings. The van der Waals surface area contributed by atoms with E-state index in [0.29, 0.717) is 15.7 Å². The number of carbonyl (C=O) groups excluding carboxylic acids is 2. The molecule has 2 rings (SSSR count). The molecule has 0 radical (unpaired) electrons. The lowest BCUT2D eigenvalue weighted by atomic mass is 10.1. The van der Waals surface area contributed by atoms with E-state index in [1.54, 1.807) is 25.1 Å². The number of rotatable bonds is 4. The number of hydrogen-bond acceptors (Lipinski definition) is 7. The zero-order chi connectivity index (χ0) is 19.4. The number of nitro benzene ring substituents is 1. The average molecular weight is 423 g/mol. The van der Waals surface area contributed by atoms with Gasteiger partial charge in [-0.05, 0) is 46.6 Å². The van der Waals surface area contributed by atoms with Crippen LogP contribution in [0.3, 0.4) is 0 Å². The summed E-state index contributed by atoms with van der Waals surface area (Å²) in [6.07, 6.45) is 6.07. The van der Waals surface area contributed by atoms with Crippen LogP contribution in [-0.4, -0.2) is 31.1 Å². The molecule has 136 valence electrons. The van der Waals surface area contributed by atoms with Crippen molar-refractivity contribution in [1.82, 2.24) is 0 Å². The molecule has 0 atom stereocenters. The number of esters is 2. The third kappa shape index (κ3) is 3.67. The maximum atomic E-state index is 12.4. The summed E-state index contributed by atoms with van der Waals surface area (Å²) in [6.45, 7) is 1.72. The van der Waals surface area contributed by atoms with Crippen molar-refractivity contribution in [3.63, 3.8) is 0 Å². The monoisotopic (exact) mass is 422 g/mol. The lowest BCUT2D eigenvalue weighted by Crippen LogP contribution is -2.27. The number of hydrogen-bond donors (Lipinski definition) is 0. The van der Waals surface area contributed by atoms with Gasteiger partial charge in [0.2, 0.25) is 0 Å². The number of anilines is 1. The summed E-state index contributed by atoms with van der Waals surface area (Å²) < 4.78 is 9.85. The fourth-order valence-corrected chi connectivity index (χ4v) is 3.00. The standard InChI is InChI=1S/C17H15BrN2O6/c1-10-8-12(18)14(20(23)24)9-13(10)19-7-5-4-6-11(16(21)25-2)15(19)17(22)26-3/h4-9H,1-3H3. The highest BCUT2D eigenvalue weighted by Crippen LogP contribution is 2.36. The van der Waals surface area contributed by atoms with E-state index in [1.807, 2.05) is 0 Å². The minimum Gasteiger partial charge on any atom is -0.465 e. The van der Waals surface area contributed by atoms with Gasteiger partial charge in [0.05, 0.1) is 34.9 Å². The summed E-state index contributed by atoms with van der Waals surface area (Å²) >= 11 is 3.16. The number of methoxy groups -OCH3 is 2. The van der Waals surface area contributed by atoms with Crippen LogP contribution in [0.4, 0.5) is 11.4 Å². The number of halogens is 1. The largest absolute Gasteiger partial charge is 0.465 e. The molecule has 8 nitrogen and oxygen atoms in total. The summed E-state index contributed by atoms with van der Waals surface area (Å²) in [7, 11) is 2.37. The molecule has 0 bridgehead atoms. The van der Waals surface area contributed by atoms with Gasteiger partial charge in [-0.3, -0.25) is 10.1 Å². The van der Waals surface area contributed by atoms with Gasteiger partial charge in [0.25, 0.3) is 5.69 Å². The van der Waals surface area contributed by atoms with Crippen LogP contribution in [0.1, 0.15) is 5.56 Å². The predicted octanol–water partition coefficient (Wildman–Crippen LogP) is 3.16. The molecule has 0 fully saturated rings. The number of benzene rings is 1. The second-order valence-electron chi connectivity index (χ2n) is 5.16. The van der Waals surface area contributed by atoms with E-state index in [4.69, 9.17) is 9.47 Å². The highest BCUT2D eigenvalue weighted by molar-refractivity contribution is 9.10.